The summed E-state index contributed by atoms with van der Waals surface area (Å²) in [6.45, 7) is 3.16. The zero-order valence-electron chi connectivity index (χ0n) is 29.2. The van der Waals surface area contributed by atoms with Gasteiger partial charge in [-0.1, -0.05) is 103 Å². The summed E-state index contributed by atoms with van der Waals surface area (Å²) < 4.78 is 59.4. The van der Waals surface area contributed by atoms with Crippen molar-refractivity contribution in [3.63, 3.8) is 0 Å². The lowest BCUT2D eigenvalue weighted by atomic mass is 9.85. The van der Waals surface area contributed by atoms with Crippen LogP contribution in [0.2, 0.25) is 0 Å². The lowest BCUT2D eigenvalue weighted by Gasteiger charge is -2.44. The normalized spacial score (nSPS) is 24.6. The number of phosphoric ester groups is 3. The van der Waals surface area contributed by atoms with E-state index in [1.807, 2.05) is 0 Å². The number of hydrogen-bond donors (Lipinski definition) is 8. The van der Waals surface area contributed by atoms with E-state index in [0.29, 0.717) is 12.8 Å². The number of unbranched alkanes of at least 4 members (excludes halogenated alkanes) is 12. The molecule has 0 aromatic rings. The Kier molecular flexibility index (Phi) is 23.9. The zero-order chi connectivity index (χ0) is 38.7. The second-order valence-electron chi connectivity index (χ2n) is 12.5. The fourth-order valence-corrected chi connectivity index (χ4v) is 8.32. The van der Waals surface area contributed by atoms with Crippen molar-refractivity contribution in [3.8, 4) is 0 Å². The van der Waals surface area contributed by atoms with Gasteiger partial charge in [0.1, 0.15) is 42.7 Å². The molecule has 0 aliphatic heterocycles. The minimum Gasteiger partial charge on any atom is -0.459 e. The Labute approximate surface area is 303 Å². The van der Waals surface area contributed by atoms with Gasteiger partial charge in [-0.25, -0.2) is 13.7 Å². The molecule has 0 radical (unpaired) electrons. The summed E-state index contributed by atoms with van der Waals surface area (Å²) in [5.41, 5.74) is 0. The smallest absolute Gasteiger partial charge is 0.459 e. The molecule has 0 aromatic carbocycles. The fraction of sp³-hybridized carbons (Fsp3) is 0.931. The fourth-order valence-electron chi connectivity index (χ4n) is 5.33. The summed E-state index contributed by atoms with van der Waals surface area (Å²) in [7, 11) is -16.4. The molecule has 0 heterocycles. The maximum Gasteiger partial charge on any atom is 0.472 e. The molecule has 8 N–H and O–H groups in total. The topological polar surface area (TPSA) is 293 Å². The van der Waals surface area contributed by atoms with E-state index >= 15 is 0 Å². The molecule has 1 aliphatic carbocycles. The Morgan fingerprint density at radius 3 is 1.43 bits per heavy atom. The van der Waals surface area contributed by atoms with Crippen molar-refractivity contribution in [2.75, 3.05) is 12.4 Å². The van der Waals surface area contributed by atoms with Crippen LogP contribution in [0.25, 0.3) is 0 Å². The lowest BCUT2D eigenvalue weighted by Crippen LogP contribution is -2.65. The van der Waals surface area contributed by atoms with E-state index in [0.717, 1.165) is 37.4 Å². The molecule has 0 bridgehead atoms. The van der Waals surface area contributed by atoms with Crippen molar-refractivity contribution in [2.45, 2.75) is 159 Å². The molecule has 22 heteroatoms. The molecule has 0 amide bonds. The van der Waals surface area contributed by atoms with Crippen LogP contribution in [0.1, 0.15) is 117 Å². The summed E-state index contributed by atoms with van der Waals surface area (Å²) in [6, 6.07) is 0. The first-order valence-electron chi connectivity index (χ1n) is 17.3. The second-order valence-corrected chi connectivity index (χ2v) is 17.3. The molecular weight excluding hydrogens is 761 g/mol. The molecule has 1 aliphatic rings. The van der Waals surface area contributed by atoms with Gasteiger partial charge in [0.05, 0.1) is 6.61 Å². The van der Waals surface area contributed by atoms with E-state index in [2.05, 4.69) is 16.0 Å². The van der Waals surface area contributed by atoms with Crippen LogP contribution in [0.5, 0.6) is 0 Å². The second kappa shape index (κ2) is 25.0. The van der Waals surface area contributed by atoms with Crippen LogP contribution in [0.3, 0.4) is 0 Å². The molecule has 1 saturated carbocycles. The third kappa shape index (κ3) is 22.0. The van der Waals surface area contributed by atoms with Crippen LogP contribution in [-0.2, 0) is 46.1 Å². The van der Waals surface area contributed by atoms with Gasteiger partial charge in [-0.05, 0) is 12.8 Å². The predicted octanol–water partition coefficient (Wildman–Crippen LogP) is 3.99. The highest BCUT2D eigenvalue weighted by Gasteiger charge is 2.56. The first-order chi connectivity index (χ1) is 23.8. The highest BCUT2D eigenvalue weighted by Crippen LogP contribution is 2.51. The van der Waals surface area contributed by atoms with Crippen LogP contribution in [0.15, 0.2) is 0 Å². The number of ether oxygens (including phenoxy) is 1. The van der Waals surface area contributed by atoms with Gasteiger partial charge in [-0.3, -0.25) is 27.7 Å². The summed E-state index contributed by atoms with van der Waals surface area (Å²) in [4.78, 5) is 71.8. The minimum absolute atomic E-state index is 0.0415. The SMILES string of the molecule is CCCCCCCCCCCCCCCC(=O)O[C@@H](COP(=O)(O)OC1C(O)[C@@H](OP(=O)(O)O)C(O)[C@@H](OP(=O)(O)O)[C@H]1O)CSC(=O)CCC. The van der Waals surface area contributed by atoms with Crippen LogP contribution >= 0.6 is 35.2 Å². The Hall–Kier alpha value is -0.300. The molecule has 302 valence electrons. The van der Waals surface area contributed by atoms with Gasteiger partial charge in [0, 0.05) is 18.6 Å². The Balaban J connectivity index is 2.76. The standard InChI is InChI=1S/C29H57O18P3S/c1-3-5-6-7-8-9-10-11-12-13-14-15-16-18-22(30)44-21(20-51-23(31)17-4-2)19-43-50(41,42)47-29-25(33)27(45-48(35,36)37)24(32)28(26(29)34)46-49(38,39)40/h21,24-29,32-34H,3-20H2,1-2H3,(H,41,42)(H2,35,36,37)(H2,38,39,40)/t21-,24?,25+,26?,27+,28-,29?/m0/s1. The number of aliphatic hydroxyl groups excluding tert-OH is 3. The molecule has 1 fully saturated rings. The van der Waals surface area contributed by atoms with Crippen molar-refractivity contribution >= 4 is 46.3 Å². The van der Waals surface area contributed by atoms with Crippen LogP contribution in [0.4, 0.5) is 0 Å². The van der Waals surface area contributed by atoms with Crippen LogP contribution in [0, 0.1) is 0 Å². The van der Waals surface area contributed by atoms with E-state index in [-0.39, 0.29) is 23.7 Å². The summed E-state index contributed by atoms with van der Waals surface area (Å²) >= 11 is 0.800. The summed E-state index contributed by atoms with van der Waals surface area (Å²) in [5.74, 6) is -0.814. The first kappa shape index (κ1) is 48.7. The molecule has 51 heavy (non-hydrogen) atoms. The quantitative estimate of drug-likeness (QED) is 0.0314. The zero-order valence-corrected chi connectivity index (χ0v) is 32.7. The van der Waals surface area contributed by atoms with Gasteiger partial charge in [0.25, 0.3) is 0 Å². The van der Waals surface area contributed by atoms with Crippen molar-refractivity contribution in [2.24, 2.45) is 0 Å². The lowest BCUT2D eigenvalue weighted by molar-refractivity contribution is -0.213. The van der Waals surface area contributed by atoms with Gasteiger partial charge in [0.2, 0.25) is 0 Å². The van der Waals surface area contributed by atoms with E-state index in [1.165, 1.54) is 51.4 Å². The number of thioether (sulfide) groups is 1. The summed E-state index contributed by atoms with van der Waals surface area (Å²) in [5, 5.41) is 31.2. The van der Waals surface area contributed by atoms with Gasteiger partial charge >= 0.3 is 29.4 Å². The predicted molar refractivity (Wildman–Crippen MR) is 185 cm³/mol. The maximum absolute atomic E-state index is 12.9. The van der Waals surface area contributed by atoms with Crippen molar-refractivity contribution < 1.29 is 85.9 Å². The van der Waals surface area contributed by atoms with E-state index in [9.17, 15) is 63.1 Å². The Morgan fingerprint density at radius 2 is 1.02 bits per heavy atom. The molecule has 0 aromatic heterocycles. The molecule has 4 unspecified atom stereocenters. The maximum atomic E-state index is 12.9. The number of rotatable bonds is 28. The highest BCUT2D eigenvalue weighted by atomic mass is 32.2. The largest absolute Gasteiger partial charge is 0.472 e. The Bertz CT molecular complexity index is 1110. The molecule has 1 rings (SSSR count). The van der Waals surface area contributed by atoms with Gasteiger partial charge in [-0.2, -0.15) is 0 Å². The van der Waals surface area contributed by atoms with E-state index in [1.54, 1.807) is 6.92 Å². The molecule has 0 spiro atoms. The average Bonchev–Trinajstić information content (AvgIpc) is 3.02. The Morgan fingerprint density at radius 1 is 0.608 bits per heavy atom. The molecular formula is C29H57O18P3S. The molecule has 8 atom stereocenters. The van der Waals surface area contributed by atoms with Gasteiger partial charge < -0.3 is 44.5 Å². The van der Waals surface area contributed by atoms with Gasteiger partial charge in [0.15, 0.2) is 5.12 Å². The minimum atomic E-state index is -5.52. The summed E-state index contributed by atoms with van der Waals surface area (Å²) in [6.07, 6.45) is -0.765. The third-order valence-electron chi connectivity index (χ3n) is 7.88. The van der Waals surface area contributed by atoms with Gasteiger partial charge in [-0.15, -0.1) is 0 Å². The van der Waals surface area contributed by atoms with Crippen molar-refractivity contribution in [1.29, 1.82) is 0 Å². The molecule has 0 saturated heterocycles. The monoisotopic (exact) mass is 818 g/mol. The third-order valence-corrected chi connectivity index (χ3v) is 11.0. The van der Waals surface area contributed by atoms with Crippen LogP contribution < -0.4 is 0 Å². The number of hydrogen-bond acceptors (Lipinski definition) is 14. The number of carbonyl (C=O) groups excluding carboxylic acids is 2. The molecule has 18 nitrogen and oxygen atoms in total. The van der Waals surface area contributed by atoms with Crippen LogP contribution in [-0.4, -0.2) is 106 Å². The average molecular weight is 819 g/mol. The number of carbonyl (C=O) groups is 2. The first-order valence-corrected chi connectivity index (χ1v) is 22.9. The van der Waals surface area contributed by atoms with Crippen molar-refractivity contribution in [3.05, 3.63) is 0 Å². The highest BCUT2D eigenvalue weighted by molar-refractivity contribution is 8.13. The number of aliphatic hydroxyl groups is 3. The number of phosphoric acid groups is 3. The van der Waals surface area contributed by atoms with E-state index in [4.69, 9.17) is 13.8 Å². The van der Waals surface area contributed by atoms with E-state index < -0.39 is 78.8 Å². The number of esters is 1. The van der Waals surface area contributed by atoms with Crippen molar-refractivity contribution in [1.82, 2.24) is 0 Å².